The molecule has 0 N–H and O–H groups in total. The van der Waals surface area contributed by atoms with Gasteiger partial charge in [0.2, 0.25) is 12.4 Å². The molecule has 38 heavy (non-hydrogen) atoms. The van der Waals surface area contributed by atoms with Gasteiger partial charge in [0.05, 0.1) is 0 Å². The smallest absolute Gasteiger partial charge is 0.377 e. The van der Waals surface area contributed by atoms with E-state index in [1.165, 1.54) is 33.5 Å². The molecular formula is C33H33BN2O2. The Balaban J connectivity index is 0.000000219. The monoisotopic (exact) mass is 500 g/mol. The summed E-state index contributed by atoms with van der Waals surface area (Å²) in [7, 11) is 3.90. The lowest BCUT2D eigenvalue weighted by Gasteiger charge is -2.44. The first-order chi connectivity index (χ1) is 18.5. The van der Waals surface area contributed by atoms with Crippen LogP contribution in [0.1, 0.15) is 6.92 Å². The van der Waals surface area contributed by atoms with Crippen molar-refractivity contribution in [1.82, 2.24) is 0 Å². The van der Waals surface area contributed by atoms with Crippen LogP contribution in [0.3, 0.4) is 0 Å². The van der Waals surface area contributed by atoms with Crippen LogP contribution >= 0.6 is 0 Å². The Bertz CT molecular complexity index is 1250. The van der Waals surface area contributed by atoms with E-state index in [-0.39, 0.29) is 5.97 Å². The number of aromatic nitrogens is 1. The standard InChI is InChI=1S/C24H20B.C9H13N2O2/c1-5-13-21(14-6-1)25(22-15-7-2-8-16-22,23-17-9-3-10-18-23)24-19-11-4-12-20-24;1-8(12)13-11-6-4-9(5-7-11)10(2)3/h1-20H;4-7H,1-3H3/q-1;+1. The first kappa shape index (κ1) is 26.4. The normalized spacial score (nSPS) is 10.6. The number of carbonyl (C=O) groups excluding carboxylic acids is 1. The van der Waals surface area contributed by atoms with Gasteiger partial charge in [-0.15, -0.1) is 0 Å². The van der Waals surface area contributed by atoms with Gasteiger partial charge in [-0.25, -0.2) is 4.79 Å². The Hall–Kier alpha value is -4.64. The molecule has 0 saturated heterocycles. The molecule has 0 spiro atoms. The highest BCUT2D eigenvalue weighted by atomic mass is 16.7. The minimum absolute atomic E-state index is 0.331. The van der Waals surface area contributed by atoms with E-state index < -0.39 is 6.15 Å². The van der Waals surface area contributed by atoms with Crippen molar-refractivity contribution >= 4 is 39.7 Å². The molecule has 0 radical (unpaired) electrons. The summed E-state index contributed by atoms with van der Waals surface area (Å²) in [6, 6.07) is 47.3. The average molecular weight is 500 g/mol. The van der Waals surface area contributed by atoms with Gasteiger partial charge >= 0.3 is 5.97 Å². The van der Waals surface area contributed by atoms with E-state index in [0.717, 1.165) is 5.69 Å². The number of rotatable bonds is 6. The van der Waals surface area contributed by atoms with Crippen LogP contribution < -0.4 is 36.3 Å². The van der Waals surface area contributed by atoms with Gasteiger partial charge in [-0.05, 0) is 0 Å². The predicted octanol–water partition coefficient (Wildman–Crippen LogP) is 3.08. The molecule has 5 rings (SSSR count). The third-order valence-electron chi connectivity index (χ3n) is 6.73. The molecule has 0 fully saturated rings. The summed E-state index contributed by atoms with van der Waals surface area (Å²) in [5.74, 6) is -0.331. The number of hydrogen-bond donors (Lipinski definition) is 0. The molecule has 0 atom stereocenters. The molecule has 0 amide bonds. The second-order valence-corrected chi connectivity index (χ2v) is 9.40. The van der Waals surface area contributed by atoms with Crippen molar-refractivity contribution in [3.05, 3.63) is 146 Å². The van der Waals surface area contributed by atoms with E-state index >= 15 is 0 Å². The van der Waals surface area contributed by atoms with E-state index in [9.17, 15) is 4.79 Å². The largest absolute Gasteiger partial charge is 0.377 e. The number of hydrogen-bond acceptors (Lipinski definition) is 3. The first-order valence-corrected chi connectivity index (χ1v) is 12.8. The topological polar surface area (TPSA) is 33.4 Å². The lowest BCUT2D eigenvalue weighted by atomic mass is 9.13. The molecule has 4 nitrogen and oxygen atoms in total. The van der Waals surface area contributed by atoms with Crippen LogP contribution in [0.2, 0.25) is 0 Å². The summed E-state index contributed by atoms with van der Waals surface area (Å²) in [6.45, 7) is 1.37. The molecule has 0 saturated carbocycles. The number of carbonyl (C=O) groups is 1. The van der Waals surface area contributed by atoms with Crippen LogP contribution in [0.4, 0.5) is 5.69 Å². The Morgan fingerprint density at radius 2 is 0.895 bits per heavy atom. The summed E-state index contributed by atoms with van der Waals surface area (Å²) < 4.78 is 1.37. The fraction of sp³-hybridized carbons (Fsp3) is 0.0909. The summed E-state index contributed by atoms with van der Waals surface area (Å²) in [5.41, 5.74) is 6.41. The Kier molecular flexibility index (Phi) is 8.73. The third kappa shape index (κ3) is 6.01. The fourth-order valence-electron chi connectivity index (χ4n) is 5.03. The van der Waals surface area contributed by atoms with Gasteiger partial charge in [0, 0.05) is 43.6 Å². The summed E-state index contributed by atoms with van der Waals surface area (Å²) in [4.78, 5) is 17.4. The van der Waals surface area contributed by atoms with E-state index in [1.807, 2.05) is 31.1 Å². The van der Waals surface area contributed by atoms with Crippen LogP contribution in [0.25, 0.3) is 0 Å². The maximum absolute atomic E-state index is 10.6. The fourth-order valence-corrected chi connectivity index (χ4v) is 5.03. The molecule has 0 unspecified atom stereocenters. The van der Waals surface area contributed by atoms with E-state index in [2.05, 4.69) is 121 Å². The Morgan fingerprint density at radius 1 is 0.579 bits per heavy atom. The third-order valence-corrected chi connectivity index (χ3v) is 6.73. The molecule has 5 aromatic rings. The van der Waals surface area contributed by atoms with Crippen molar-refractivity contribution in [2.45, 2.75) is 6.92 Å². The second kappa shape index (κ2) is 12.6. The maximum Gasteiger partial charge on any atom is 0.377 e. The average Bonchev–Trinajstić information content (AvgIpc) is 2.96. The SMILES string of the molecule is CC(=O)O[n+]1ccc(N(C)C)cc1.c1ccc([B-](c2ccccc2)(c2ccccc2)c2ccccc2)cc1. The van der Waals surface area contributed by atoms with E-state index in [1.54, 1.807) is 12.4 Å². The highest BCUT2D eigenvalue weighted by Crippen LogP contribution is 2.09. The lowest BCUT2D eigenvalue weighted by molar-refractivity contribution is -0.869. The van der Waals surface area contributed by atoms with Crippen LogP contribution in [-0.4, -0.2) is 26.2 Å². The molecule has 1 aromatic heterocycles. The molecule has 0 aliphatic rings. The zero-order valence-electron chi connectivity index (χ0n) is 22.1. The quantitative estimate of drug-likeness (QED) is 0.266. The molecule has 0 bridgehead atoms. The van der Waals surface area contributed by atoms with Crippen molar-refractivity contribution in [2.75, 3.05) is 19.0 Å². The van der Waals surface area contributed by atoms with Crippen molar-refractivity contribution in [2.24, 2.45) is 0 Å². The molecular weight excluding hydrogens is 467 g/mol. The predicted molar refractivity (Wildman–Crippen MR) is 158 cm³/mol. The van der Waals surface area contributed by atoms with Crippen molar-refractivity contribution in [1.29, 1.82) is 0 Å². The van der Waals surface area contributed by atoms with Crippen LogP contribution in [0, 0.1) is 0 Å². The van der Waals surface area contributed by atoms with Gasteiger partial charge in [-0.1, -0.05) is 121 Å². The zero-order chi connectivity index (χ0) is 26.8. The van der Waals surface area contributed by atoms with Gasteiger partial charge < -0.3 is 4.90 Å². The molecule has 0 aliphatic heterocycles. The number of nitrogens with zero attached hydrogens (tertiary/aromatic N) is 2. The highest BCUT2D eigenvalue weighted by molar-refractivity contribution is 7.19. The van der Waals surface area contributed by atoms with Crippen molar-refractivity contribution < 1.29 is 14.4 Å². The maximum atomic E-state index is 10.6. The van der Waals surface area contributed by atoms with Gasteiger partial charge in [-0.3, -0.25) is 0 Å². The first-order valence-electron chi connectivity index (χ1n) is 12.8. The Labute approximate surface area is 225 Å². The molecule has 0 aliphatic carbocycles. The van der Waals surface area contributed by atoms with Crippen LogP contribution in [-0.2, 0) is 4.79 Å². The minimum Gasteiger partial charge on any atom is -0.377 e. The molecule has 4 aromatic carbocycles. The number of pyridine rings is 1. The number of benzene rings is 4. The zero-order valence-corrected chi connectivity index (χ0v) is 22.1. The van der Waals surface area contributed by atoms with Gasteiger partial charge in [0.1, 0.15) is 6.15 Å². The molecule has 5 heteroatoms. The van der Waals surface area contributed by atoms with Gasteiger partial charge in [0.25, 0.3) is 0 Å². The molecule has 190 valence electrons. The summed E-state index contributed by atoms with van der Waals surface area (Å²) in [5, 5.41) is 0. The Morgan fingerprint density at radius 3 is 1.16 bits per heavy atom. The van der Waals surface area contributed by atoms with Crippen LogP contribution in [0.5, 0.6) is 0 Å². The van der Waals surface area contributed by atoms with Crippen molar-refractivity contribution in [3.63, 3.8) is 0 Å². The summed E-state index contributed by atoms with van der Waals surface area (Å²) in [6.07, 6.45) is 2.17. The number of anilines is 1. The second-order valence-electron chi connectivity index (χ2n) is 9.40. The van der Waals surface area contributed by atoms with E-state index in [4.69, 9.17) is 4.84 Å². The highest BCUT2D eigenvalue weighted by Gasteiger charge is 2.31. The minimum atomic E-state index is -1.22. The lowest BCUT2D eigenvalue weighted by Crippen LogP contribution is -2.74. The van der Waals surface area contributed by atoms with Crippen LogP contribution in [0.15, 0.2) is 146 Å². The summed E-state index contributed by atoms with van der Waals surface area (Å²) >= 11 is 0. The van der Waals surface area contributed by atoms with E-state index in [0.29, 0.717) is 0 Å². The molecule has 1 heterocycles. The van der Waals surface area contributed by atoms with Crippen molar-refractivity contribution in [3.8, 4) is 0 Å². The van der Waals surface area contributed by atoms with Gasteiger partial charge in [0.15, 0.2) is 0 Å². The van der Waals surface area contributed by atoms with Gasteiger partial charge in [-0.2, -0.15) is 26.7 Å².